The molecule has 0 aliphatic rings. The SMILES string of the molecule is N#Cc1ccc(C(=O)NOCCC(=O)O)c(Nc2ccc(I)cc2F)c1. The van der Waals surface area contributed by atoms with Gasteiger partial charge in [-0.25, -0.2) is 9.87 Å². The van der Waals surface area contributed by atoms with Crippen molar-refractivity contribution in [3.05, 3.63) is 56.9 Å². The molecule has 0 heterocycles. The average Bonchev–Trinajstić information content (AvgIpc) is 2.60. The number of rotatable bonds is 7. The maximum Gasteiger partial charge on any atom is 0.305 e. The lowest BCUT2D eigenvalue weighted by molar-refractivity contribution is -0.138. The molecule has 134 valence electrons. The van der Waals surface area contributed by atoms with Gasteiger partial charge in [-0.2, -0.15) is 5.26 Å². The highest BCUT2D eigenvalue weighted by molar-refractivity contribution is 14.1. The second-order valence-electron chi connectivity index (χ2n) is 5.04. The van der Waals surface area contributed by atoms with Crippen molar-refractivity contribution in [1.82, 2.24) is 5.48 Å². The number of amides is 1. The van der Waals surface area contributed by atoms with E-state index >= 15 is 0 Å². The van der Waals surface area contributed by atoms with Crippen molar-refractivity contribution in [2.45, 2.75) is 6.42 Å². The van der Waals surface area contributed by atoms with Crippen molar-refractivity contribution >= 4 is 45.8 Å². The van der Waals surface area contributed by atoms with E-state index in [1.807, 2.05) is 28.7 Å². The highest BCUT2D eigenvalue weighted by Crippen LogP contribution is 2.25. The van der Waals surface area contributed by atoms with Crippen LogP contribution in [0.5, 0.6) is 0 Å². The molecule has 2 aromatic carbocycles. The van der Waals surface area contributed by atoms with Crippen LogP contribution in [-0.4, -0.2) is 23.6 Å². The highest BCUT2D eigenvalue weighted by Gasteiger charge is 2.14. The number of halogens is 2. The van der Waals surface area contributed by atoms with E-state index in [4.69, 9.17) is 15.2 Å². The Morgan fingerprint density at radius 2 is 2.00 bits per heavy atom. The molecule has 0 fully saturated rings. The smallest absolute Gasteiger partial charge is 0.305 e. The van der Waals surface area contributed by atoms with Gasteiger partial charge in [-0.05, 0) is 59.0 Å². The first-order valence-corrected chi connectivity index (χ1v) is 8.38. The van der Waals surface area contributed by atoms with Gasteiger partial charge in [0.05, 0.1) is 41.6 Å². The van der Waals surface area contributed by atoms with Crippen LogP contribution < -0.4 is 10.8 Å². The van der Waals surface area contributed by atoms with E-state index in [1.165, 1.54) is 30.3 Å². The molecule has 0 aromatic heterocycles. The van der Waals surface area contributed by atoms with Crippen LogP contribution in [0.15, 0.2) is 36.4 Å². The average molecular weight is 469 g/mol. The Morgan fingerprint density at radius 3 is 2.65 bits per heavy atom. The molecular weight excluding hydrogens is 456 g/mol. The first-order valence-electron chi connectivity index (χ1n) is 7.31. The normalized spacial score (nSPS) is 10.0. The Balaban J connectivity index is 2.22. The van der Waals surface area contributed by atoms with Gasteiger partial charge in [0.15, 0.2) is 0 Å². The number of anilines is 2. The molecular formula is C17H13FIN3O4. The van der Waals surface area contributed by atoms with Gasteiger partial charge in [0, 0.05) is 3.57 Å². The van der Waals surface area contributed by atoms with E-state index in [-0.39, 0.29) is 35.5 Å². The second-order valence-corrected chi connectivity index (χ2v) is 6.29. The van der Waals surface area contributed by atoms with E-state index in [9.17, 15) is 14.0 Å². The Hall–Kier alpha value is -2.71. The first kappa shape index (κ1) is 19.6. The van der Waals surface area contributed by atoms with Crippen molar-refractivity contribution in [2.24, 2.45) is 0 Å². The third-order valence-electron chi connectivity index (χ3n) is 3.18. The molecule has 1 amide bonds. The molecule has 0 radical (unpaired) electrons. The fourth-order valence-electron chi connectivity index (χ4n) is 1.96. The summed E-state index contributed by atoms with van der Waals surface area (Å²) in [5.41, 5.74) is 2.86. The summed E-state index contributed by atoms with van der Waals surface area (Å²) in [6, 6.07) is 10.7. The predicted octanol–water partition coefficient (Wildman–Crippen LogP) is 3.18. The zero-order valence-corrected chi connectivity index (χ0v) is 15.4. The number of aliphatic carboxylic acids is 1. The molecule has 9 heteroatoms. The number of carbonyl (C=O) groups excluding carboxylic acids is 1. The molecule has 0 atom stereocenters. The summed E-state index contributed by atoms with van der Waals surface area (Å²) in [6.07, 6.45) is -0.271. The molecule has 26 heavy (non-hydrogen) atoms. The minimum absolute atomic E-state index is 0.109. The van der Waals surface area contributed by atoms with Gasteiger partial charge in [-0.3, -0.25) is 14.4 Å². The van der Waals surface area contributed by atoms with E-state index in [0.717, 1.165) is 0 Å². The molecule has 0 unspecified atom stereocenters. The van der Waals surface area contributed by atoms with Crippen LogP contribution in [0.3, 0.4) is 0 Å². The van der Waals surface area contributed by atoms with Crippen molar-refractivity contribution in [1.29, 1.82) is 5.26 Å². The third-order valence-corrected chi connectivity index (χ3v) is 3.85. The molecule has 2 aromatic rings. The lowest BCUT2D eigenvalue weighted by Crippen LogP contribution is -2.25. The van der Waals surface area contributed by atoms with Crippen molar-refractivity contribution in [3.63, 3.8) is 0 Å². The first-order chi connectivity index (χ1) is 12.4. The molecule has 0 saturated heterocycles. The van der Waals surface area contributed by atoms with Gasteiger partial charge in [0.1, 0.15) is 5.82 Å². The summed E-state index contributed by atoms with van der Waals surface area (Å²) in [7, 11) is 0. The van der Waals surface area contributed by atoms with E-state index in [0.29, 0.717) is 3.57 Å². The van der Waals surface area contributed by atoms with Crippen molar-refractivity contribution in [2.75, 3.05) is 11.9 Å². The van der Waals surface area contributed by atoms with Crippen LogP contribution in [0.1, 0.15) is 22.3 Å². The second kappa shape index (κ2) is 9.12. The summed E-state index contributed by atoms with van der Waals surface area (Å²) < 4.78 is 14.8. The van der Waals surface area contributed by atoms with E-state index < -0.39 is 17.7 Å². The number of hydrogen-bond acceptors (Lipinski definition) is 5. The van der Waals surface area contributed by atoms with Crippen LogP contribution in [0.2, 0.25) is 0 Å². The maximum atomic E-state index is 14.1. The molecule has 0 aliphatic carbocycles. The molecule has 0 spiro atoms. The van der Waals surface area contributed by atoms with Crippen LogP contribution in [0.25, 0.3) is 0 Å². The minimum Gasteiger partial charge on any atom is -0.481 e. The number of carbonyl (C=O) groups is 2. The lowest BCUT2D eigenvalue weighted by atomic mass is 10.1. The maximum absolute atomic E-state index is 14.1. The standard InChI is InChI=1S/C17H13FIN3O4/c18-13-8-11(19)2-4-14(13)21-15-7-10(9-20)1-3-12(15)17(25)22-26-6-5-16(23)24/h1-4,7-8,21H,5-6H2,(H,22,25)(H,23,24). The van der Waals surface area contributed by atoms with E-state index in [2.05, 4.69) is 10.8 Å². The summed E-state index contributed by atoms with van der Waals surface area (Å²) in [5, 5.41) is 20.4. The summed E-state index contributed by atoms with van der Waals surface area (Å²) >= 11 is 1.97. The summed E-state index contributed by atoms with van der Waals surface area (Å²) in [4.78, 5) is 27.5. The largest absolute Gasteiger partial charge is 0.481 e. The Bertz CT molecular complexity index is 883. The van der Waals surface area contributed by atoms with Gasteiger partial charge in [-0.1, -0.05) is 0 Å². The van der Waals surface area contributed by atoms with Crippen LogP contribution in [0.4, 0.5) is 15.8 Å². The number of hydrogen-bond donors (Lipinski definition) is 3. The van der Waals surface area contributed by atoms with Gasteiger partial charge < -0.3 is 10.4 Å². The van der Waals surface area contributed by atoms with Crippen molar-refractivity contribution < 1.29 is 23.9 Å². The van der Waals surface area contributed by atoms with Crippen LogP contribution >= 0.6 is 22.6 Å². The zero-order chi connectivity index (χ0) is 19.1. The fourth-order valence-corrected chi connectivity index (χ4v) is 2.41. The summed E-state index contributed by atoms with van der Waals surface area (Å²) in [6.45, 7) is -0.203. The Kier molecular flexibility index (Phi) is 6.88. The quantitative estimate of drug-likeness (QED) is 0.327. The minimum atomic E-state index is -1.06. The fraction of sp³-hybridized carbons (Fsp3) is 0.118. The Morgan fingerprint density at radius 1 is 1.23 bits per heavy atom. The molecule has 0 aliphatic heterocycles. The third kappa shape index (κ3) is 5.40. The topological polar surface area (TPSA) is 111 Å². The Labute approximate surface area is 161 Å². The van der Waals surface area contributed by atoms with Crippen LogP contribution in [-0.2, 0) is 9.63 Å². The van der Waals surface area contributed by atoms with Gasteiger partial charge >= 0.3 is 5.97 Å². The molecule has 2 rings (SSSR count). The van der Waals surface area contributed by atoms with Gasteiger partial charge in [-0.15, -0.1) is 0 Å². The molecule has 0 saturated carbocycles. The number of nitrogens with one attached hydrogen (secondary N) is 2. The number of nitrogens with zero attached hydrogens (tertiary/aromatic N) is 1. The van der Waals surface area contributed by atoms with E-state index in [1.54, 1.807) is 6.07 Å². The number of carboxylic acid groups (broad SMARTS) is 1. The number of benzene rings is 2. The molecule has 3 N–H and O–H groups in total. The van der Waals surface area contributed by atoms with Gasteiger partial charge in [0.25, 0.3) is 5.91 Å². The summed E-state index contributed by atoms with van der Waals surface area (Å²) in [5.74, 6) is -2.23. The van der Waals surface area contributed by atoms with Crippen LogP contribution in [0, 0.1) is 20.7 Å². The van der Waals surface area contributed by atoms with Gasteiger partial charge in [0.2, 0.25) is 0 Å². The zero-order valence-electron chi connectivity index (χ0n) is 13.3. The van der Waals surface area contributed by atoms with Crippen molar-refractivity contribution in [3.8, 4) is 6.07 Å². The monoisotopic (exact) mass is 469 g/mol. The highest BCUT2D eigenvalue weighted by atomic mass is 127. The molecule has 0 bridgehead atoms. The molecule has 7 nitrogen and oxygen atoms in total. The number of hydroxylamine groups is 1. The lowest BCUT2D eigenvalue weighted by Gasteiger charge is -2.13. The number of carboxylic acids is 1. The number of nitriles is 1. The predicted molar refractivity (Wildman–Crippen MR) is 99.2 cm³/mol.